The van der Waals surface area contributed by atoms with E-state index in [-0.39, 0.29) is 18.6 Å². The van der Waals surface area contributed by atoms with Gasteiger partial charge in [-0.25, -0.2) is 0 Å². The molecule has 1 aliphatic rings. The van der Waals surface area contributed by atoms with Crippen molar-refractivity contribution in [1.29, 1.82) is 0 Å². The van der Waals surface area contributed by atoms with Gasteiger partial charge >= 0.3 is 0 Å². The van der Waals surface area contributed by atoms with Crippen LogP contribution in [-0.4, -0.2) is 30.7 Å². The van der Waals surface area contributed by atoms with Crippen molar-refractivity contribution < 1.29 is 14.3 Å². The highest BCUT2D eigenvalue weighted by Gasteiger charge is 2.26. The average molecular weight is 402 g/mol. The molecule has 0 N–H and O–H groups in total. The summed E-state index contributed by atoms with van der Waals surface area (Å²) in [6.45, 7) is -0.0857. The molecule has 0 aromatic heterocycles. The van der Waals surface area contributed by atoms with Crippen molar-refractivity contribution in [2.24, 2.45) is 0 Å². The number of hydrogen-bond acceptors (Lipinski definition) is 3. The van der Waals surface area contributed by atoms with Gasteiger partial charge in [-0.3, -0.25) is 9.59 Å². The Morgan fingerprint density at radius 2 is 2.12 bits per heavy atom. The van der Waals surface area contributed by atoms with E-state index in [1.165, 1.54) is 11.1 Å². The molecule has 1 unspecified atom stereocenters. The predicted molar refractivity (Wildman–Crippen MR) is 99.9 cm³/mol. The summed E-state index contributed by atoms with van der Waals surface area (Å²) < 4.78 is 6.40. The Labute approximate surface area is 155 Å². The number of likely N-dealkylation sites (N-methyl/N-ethyl adjacent to an activating group) is 1. The third-order valence-corrected chi connectivity index (χ3v) is 5.14. The summed E-state index contributed by atoms with van der Waals surface area (Å²) in [6.07, 6.45) is 3.82. The highest BCUT2D eigenvalue weighted by molar-refractivity contribution is 9.10. The fourth-order valence-corrected chi connectivity index (χ4v) is 3.67. The van der Waals surface area contributed by atoms with Gasteiger partial charge in [0.05, 0.1) is 11.6 Å². The number of halogens is 1. The summed E-state index contributed by atoms with van der Waals surface area (Å²) in [4.78, 5) is 25.5. The molecule has 1 aliphatic carbocycles. The molecule has 1 atom stereocenters. The Morgan fingerprint density at radius 3 is 2.92 bits per heavy atom. The van der Waals surface area contributed by atoms with Gasteiger partial charge in [-0.1, -0.05) is 40.2 Å². The van der Waals surface area contributed by atoms with Crippen LogP contribution in [-0.2, 0) is 11.2 Å². The number of nitrogens with zero attached hydrogens (tertiary/aromatic N) is 1. The molecule has 0 radical (unpaired) electrons. The number of aldehydes is 1. The zero-order valence-electron chi connectivity index (χ0n) is 14.1. The second-order valence-electron chi connectivity index (χ2n) is 6.20. The van der Waals surface area contributed by atoms with Crippen LogP contribution in [0.25, 0.3) is 0 Å². The van der Waals surface area contributed by atoms with Crippen LogP contribution >= 0.6 is 15.9 Å². The van der Waals surface area contributed by atoms with Gasteiger partial charge in [0.1, 0.15) is 5.75 Å². The molecule has 2 aromatic rings. The topological polar surface area (TPSA) is 46.6 Å². The van der Waals surface area contributed by atoms with Gasteiger partial charge in [0.25, 0.3) is 5.91 Å². The van der Waals surface area contributed by atoms with Gasteiger partial charge in [0.15, 0.2) is 12.9 Å². The third kappa shape index (κ3) is 3.93. The highest BCUT2D eigenvalue weighted by atomic mass is 79.9. The molecular weight excluding hydrogens is 382 g/mol. The van der Waals surface area contributed by atoms with E-state index in [0.717, 1.165) is 30.0 Å². The number of benzene rings is 2. The van der Waals surface area contributed by atoms with Crippen molar-refractivity contribution in [1.82, 2.24) is 4.90 Å². The van der Waals surface area contributed by atoms with E-state index in [0.29, 0.717) is 11.3 Å². The lowest BCUT2D eigenvalue weighted by Crippen LogP contribution is -2.36. The molecule has 4 nitrogen and oxygen atoms in total. The summed E-state index contributed by atoms with van der Waals surface area (Å²) in [5, 5.41) is 0. The van der Waals surface area contributed by atoms with Gasteiger partial charge < -0.3 is 9.64 Å². The van der Waals surface area contributed by atoms with Crippen molar-refractivity contribution >= 4 is 28.1 Å². The summed E-state index contributed by atoms with van der Waals surface area (Å²) in [5.41, 5.74) is 2.96. The first kappa shape index (κ1) is 17.7. The normalized spacial score (nSPS) is 16.0. The maximum Gasteiger partial charge on any atom is 0.260 e. The average Bonchev–Trinajstić information content (AvgIpc) is 2.65. The van der Waals surface area contributed by atoms with E-state index in [1.807, 2.05) is 19.2 Å². The molecule has 0 saturated heterocycles. The molecule has 0 aliphatic heterocycles. The lowest BCUT2D eigenvalue weighted by molar-refractivity contribution is -0.134. The number of aryl methyl sites for hydroxylation is 1. The summed E-state index contributed by atoms with van der Waals surface area (Å²) in [5.74, 6) is 0.325. The second-order valence-corrected chi connectivity index (χ2v) is 7.12. The standard InChI is InChI=1S/C20H20BrNO3/c1-22(18-8-4-6-14-5-2-3-7-17(14)18)20(24)13-25-19-10-9-16(21)11-15(19)12-23/h2-3,5,7,9-12,18H,4,6,8,13H2,1H3. The van der Waals surface area contributed by atoms with Gasteiger partial charge in [0, 0.05) is 11.5 Å². The lowest BCUT2D eigenvalue weighted by atomic mass is 9.87. The van der Waals surface area contributed by atoms with Gasteiger partial charge in [0.2, 0.25) is 0 Å². The van der Waals surface area contributed by atoms with E-state index < -0.39 is 0 Å². The summed E-state index contributed by atoms with van der Waals surface area (Å²) >= 11 is 3.32. The molecule has 2 aromatic carbocycles. The van der Waals surface area contributed by atoms with Crippen LogP contribution < -0.4 is 4.74 Å². The van der Waals surface area contributed by atoms with Crippen LogP contribution in [0.15, 0.2) is 46.9 Å². The minimum atomic E-state index is -0.0959. The van der Waals surface area contributed by atoms with Crippen molar-refractivity contribution in [3.8, 4) is 5.75 Å². The first-order valence-corrected chi connectivity index (χ1v) is 9.10. The smallest absolute Gasteiger partial charge is 0.260 e. The minimum absolute atomic E-state index is 0.0801. The van der Waals surface area contributed by atoms with E-state index in [1.54, 1.807) is 23.1 Å². The monoisotopic (exact) mass is 401 g/mol. The van der Waals surface area contributed by atoms with Crippen LogP contribution in [0, 0.1) is 0 Å². The number of fused-ring (bicyclic) bond motifs is 1. The zero-order chi connectivity index (χ0) is 17.8. The Morgan fingerprint density at radius 1 is 1.32 bits per heavy atom. The first-order valence-electron chi connectivity index (χ1n) is 8.31. The minimum Gasteiger partial charge on any atom is -0.483 e. The van der Waals surface area contributed by atoms with E-state index in [2.05, 4.69) is 28.1 Å². The largest absolute Gasteiger partial charge is 0.483 e. The maximum atomic E-state index is 12.6. The van der Waals surface area contributed by atoms with E-state index >= 15 is 0 Å². The number of carbonyl (C=O) groups is 2. The lowest BCUT2D eigenvalue weighted by Gasteiger charge is -2.33. The van der Waals surface area contributed by atoms with Crippen LogP contribution in [0.4, 0.5) is 0 Å². The quantitative estimate of drug-likeness (QED) is 0.706. The van der Waals surface area contributed by atoms with Crippen molar-refractivity contribution in [3.05, 3.63) is 63.6 Å². The van der Waals surface area contributed by atoms with Gasteiger partial charge in [-0.2, -0.15) is 0 Å². The second kappa shape index (κ2) is 7.83. The molecular formula is C20H20BrNO3. The van der Waals surface area contributed by atoms with Gasteiger partial charge in [-0.15, -0.1) is 0 Å². The van der Waals surface area contributed by atoms with E-state index in [4.69, 9.17) is 4.74 Å². The molecule has 0 bridgehead atoms. The van der Waals surface area contributed by atoms with Crippen molar-refractivity contribution in [2.75, 3.05) is 13.7 Å². The number of ether oxygens (including phenoxy) is 1. The summed E-state index contributed by atoms with van der Waals surface area (Å²) in [6, 6.07) is 13.5. The molecule has 0 fully saturated rings. The van der Waals surface area contributed by atoms with Gasteiger partial charge in [-0.05, 0) is 48.6 Å². The van der Waals surface area contributed by atoms with Crippen LogP contribution in [0.2, 0.25) is 0 Å². The number of hydrogen-bond donors (Lipinski definition) is 0. The Balaban J connectivity index is 1.69. The SMILES string of the molecule is CN(C(=O)COc1ccc(Br)cc1C=O)C1CCCc2ccccc21. The van der Waals surface area contributed by atoms with Crippen LogP contribution in [0.3, 0.4) is 0 Å². The Hall–Kier alpha value is -2.14. The van der Waals surface area contributed by atoms with Crippen molar-refractivity contribution in [3.63, 3.8) is 0 Å². The number of rotatable bonds is 5. The third-order valence-electron chi connectivity index (χ3n) is 4.65. The molecule has 130 valence electrons. The Bertz CT molecular complexity index is 790. The molecule has 3 rings (SSSR count). The molecule has 5 heteroatoms. The van der Waals surface area contributed by atoms with Crippen LogP contribution in [0.5, 0.6) is 5.75 Å². The number of amides is 1. The van der Waals surface area contributed by atoms with E-state index in [9.17, 15) is 9.59 Å². The molecule has 25 heavy (non-hydrogen) atoms. The zero-order valence-corrected chi connectivity index (χ0v) is 15.7. The predicted octanol–water partition coefficient (Wildman–Crippen LogP) is 4.18. The summed E-state index contributed by atoms with van der Waals surface area (Å²) in [7, 11) is 1.82. The molecule has 0 spiro atoms. The fourth-order valence-electron chi connectivity index (χ4n) is 3.29. The first-order chi connectivity index (χ1) is 12.1. The molecule has 0 heterocycles. The Kier molecular flexibility index (Phi) is 5.53. The van der Waals surface area contributed by atoms with Crippen LogP contribution in [0.1, 0.15) is 40.4 Å². The number of carbonyl (C=O) groups excluding carboxylic acids is 2. The maximum absolute atomic E-state index is 12.6. The highest BCUT2D eigenvalue weighted by Crippen LogP contribution is 2.33. The van der Waals surface area contributed by atoms with Crippen molar-refractivity contribution in [2.45, 2.75) is 25.3 Å². The molecule has 0 saturated carbocycles. The fraction of sp³-hybridized carbons (Fsp3) is 0.300. The molecule has 1 amide bonds.